The van der Waals surface area contributed by atoms with Crippen molar-refractivity contribution in [2.24, 2.45) is 0 Å². The van der Waals surface area contributed by atoms with Crippen molar-refractivity contribution >= 4 is 22.6 Å². The quantitative estimate of drug-likeness (QED) is 0.730. The summed E-state index contributed by atoms with van der Waals surface area (Å²) in [6, 6.07) is 14.2. The summed E-state index contributed by atoms with van der Waals surface area (Å²) in [6.45, 7) is 0. The van der Waals surface area contributed by atoms with E-state index < -0.39 is 0 Å². The number of hydrogen-bond acceptors (Lipinski definition) is 1. The van der Waals surface area contributed by atoms with E-state index in [0.717, 1.165) is 5.69 Å². The summed E-state index contributed by atoms with van der Waals surface area (Å²) in [5.74, 6) is 0. The van der Waals surface area contributed by atoms with Crippen molar-refractivity contribution in [3.05, 3.63) is 52.2 Å². The standard InChI is InChI=1S/C11H8IN/c12-10-6-2-1-5-9(10)11-7-3-4-8-13-11/h1-8H. The van der Waals surface area contributed by atoms with Gasteiger partial charge in [-0.15, -0.1) is 0 Å². The van der Waals surface area contributed by atoms with Gasteiger partial charge in [0.1, 0.15) is 0 Å². The molecule has 13 heavy (non-hydrogen) atoms. The summed E-state index contributed by atoms with van der Waals surface area (Å²) in [6.07, 6.45) is 1.82. The lowest BCUT2D eigenvalue weighted by atomic mass is 10.1. The molecule has 0 unspecified atom stereocenters. The van der Waals surface area contributed by atoms with Gasteiger partial charge < -0.3 is 0 Å². The average molecular weight is 281 g/mol. The van der Waals surface area contributed by atoms with Crippen molar-refractivity contribution in [2.45, 2.75) is 0 Å². The van der Waals surface area contributed by atoms with E-state index in [-0.39, 0.29) is 0 Å². The Bertz CT molecular complexity index is 398. The van der Waals surface area contributed by atoms with Crippen molar-refractivity contribution in [1.82, 2.24) is 4.98 Å². The largest absolute Gasteiger partial charge is 0.256 e. The molecular formula is C11H8IN. The van der Waals surface area contributed by atoms with Crippen LogP contribution in [0.3, 0.4) is 0 Å². The van der Waals surface area contributed by atoms with Crippen molar-refractivity contribution in [3.8, 4) is 11.3 Å². The SMILES string of the molecule is Ic1ccccc1-c1ccccn1. The molecule has 0 aliphatic heterocycles. The number of benzene rings is 1. The summed E-state index contributed by atoms with van der Waals surface area (Å²) in [4.78, 5) is 4.31. The molecule has 0 bridgehead atoms. The van der Waals surface area contributed by atoms with E-state index >= 15 is 0 Å². The average Bonchev–Trinajstić information content (AvgIpc) is 2.20. The highest BCUT2D eigenvalue weighted by molar-refractivity contribution is 14.1. The molecule has 1 nitrogen and oxygen atoms in total. The maximum Gasteiger partial charge on any atom is 0.0712 e. The van der Waals surface area contributed by atoms with Crippen LogP contribution in [0.1, 0.15) is 0 Å². The van der Waals surface area contributed by atoms with Gasteiger partial charge in [-0.1, -0.05) is 24.3 Å². The Balaban J connectivity index is 2.54. The zero-order valence-corrected chi connectivity index (χ0v) is 9.10. The molecule has 0 spiro atoms. The second-order valence-corrected chi connectivity index (χ2v) is 3.86. The summed E-state index contributed by atoms with van der Waals surface area (Å²) < 4.78 is 1.24. The van der Waals surface area contributed by atoms with Crippen LogP contribution in [0.25, 0.3) is 11.3 Å². The lowest BCUT2D eigenvalue weighted by Gasteiger charge is -2.01. The fourth-order valence-corrected chi connectivity index (χ4v) is 1.85. The first kappa shape index (κ1) is 8.69. The van der Waals surface area contributed by atoms with Crippen molar-refractivity contribution in [2.75, 3.05) is 0 Å². The number of pyridine rings is 1. The first-order valence-corrected chi connectivity index (χ1v) is 5.12. The Labute approximate surface area is 91.0 Å². The molecule has 1 aromatic carbocycles. The van der Waals surface area contributed by atoms with E-state index in [1.807, 2.05) is 36.5 Å². The number of halogens is 1. The summed E-state index contributed by atoms with van der Waals surface area (Å²) in [5.41, 5.74) is 2.23. The molecule has 1 aromatic heterocycles. The third kappa shape index (κ3) is 1.88. The minimum absolute atomic E-state index is 1.03. The van der Waals surface area contributed by atoms with Gasteiger partial charge in [0, 0.05) is 15.3 Å². The first-order chi connectivity index (χ1) is 6.38. The van der Waals surface area contributed by atoms with Crippen LogP contribution in [-0.2, 0) is 0 Å². The van der Waals surface area contributed by atoms with Gasteiger partial charge in [0.05, 0.1) is 5.69 Å². The third-order valence-corrected chi connectivity index (χ3v) is 2.76. The van der Waals surface area contributed by atoms with E-state index in [9.17, 15) is 0 Å². The predicted octanol–water partition coefficient (Wildman–Crippen LogP) is 3.35. The Morgan fingerprint density at radius 3 is 2.38 bits per heavy atom. The van der Waals surface area contributed by atoms with Crippen LogP contribution in [0.5, 0.6) is 0 Å². The van der Waals surface area contributed by atoms with Crippen LogP contribution in [0.2, 0.25) is 0 Å². The van der Waals surface area contributed by atoms with E-state index in [0.29, 0.717) is 0 Å². The second kappa shape index (κ2) is 3.87. The third-order valence-electron chi connectivity index (χ3n) is 1.81. The second-order valence-electron chi connectivity index (χ2n) is 2.69. The predicted molar refractivity (Wildman–Crippen MR) is 62.4 cm³/mol. The van der Waals surface area contributed by atoms with Gasteiger partial charge in [0.15, 0.2) is 0 Å². The lowest BCUT2D eigenvalue weighted by Crippen LogP contribution is -1.84. The molecule has 0 saturated heterocycles. The maximum atomic E-state index is 4.31. The smallest absolute Gasteiger partial charge is 0.0712 e. The van der Waals surface area contributed by atoms with Crippen LogP contribution in [0.15, 0.2) is 48.7 Å². The molecule has 64 valence electrons. The van der Waals surface area contributed by atoms with Crippen molar-refractivity contribution in [1.29, 1.82) is 0 Å². The van der Waals surface area contributed by atoms with Gasteiger partial charge in [0.25, 0.3) is 0 Å². The maximum absolute atomic E-state index is 4.31. The van der Waals surface area contributed by atoms with Crippen LogP contribution in [0, 0.1) is 3.57 Å². The molecule has 0 aliphatic carbocycles. The van der Waals surface area contributed by atoms with Crippen molar-refractivity contribution < 1.29 is 0 Å². The molecule has 0 amide bonds. The Morgan fingerprint density at radius 1 is 0.923 bits per heavy atom. The molecule has 0 atom stereocenters. The number of hydrogen-bond donors (Lipinski definition) is 0. The highest BCUT2D eigenvalue weighted by atomic mass is 127. The number of aromatic nitrogens is 1. The van der Waals surface area contributed by atoms with Gasteiger partial charge in [-0.05, 0) is 40.8 Å². The van der Waals surface area contributed by atoms with Gasteiger partial charge in [0.2, 0.25) is 0 Å². The molecule has 0 fully saturated rings. The van der Waals surface area contributed by atoms with Crippen LogP contribution in [-0.4, -0.2) is 4.98 Å². The minimum Gasteiger partial charge on any atom is -0.256 e. The van der Waals surface area contributed by atoms with Crippen molar-refractivity contribution in [3.63, 3.8) is 0 Å². The molecule has 2 aromatic rings. The zero-order chi connectivity index (χ0) is 9.10. The Kier molecular flexibility index (Phi) is 2.59. The summed E-state index contributed by atoms with van der Waals surface area (Å²) in [7, 11) is 0. The topological polar surface area (TPSA) is 12.9 Å². The van der Waals surface area contributed by atoms with E-state index in [2.05, 4.69) is 39.7 Å². The number of rotatable bonds is 1. The van der Waals surface area contributed by atoms with Gasteiger partial charge in [-0.25, -0.2) is 0 Å². The molecular weight excluding hydrogens is 273 g/mol. The van der Waals surface area contributed by atoms with E-state index in [1.54, 1.807) is 0 Å². The minimum atomic E-state index is 1.03. The van der Waals surface area contributed by atoms with Gasteiger partial charge in [-0.2, -0.15) is 0 Å². The van der Waals surface area contributed by atoms with Gasteiger partial charge in [-0.3, -0.25) is 4.98 Å². The van der Waals surface area contributed by atoms with Gasteiger partial charge >= 0.3 is 0 Å². The summed E-state index contributed by atoms with van der Waals surface area (Å²) >= 11 is 2.32. The normalized spacial score (nSPS) is 9.92. The molecule has 2 heteroatoms. The highest BCUT2D eigenvalue weighted by Crippen LogP contribution is 2.22. The van der Waals surface area contributed by atoms with Crippen LogP contribution in [0.4, 0.5) is 0 Å². The molecule has 0 N–H and O–H groups in total. The molecule has 2 rings (SSSR count). The molecule has 1 heterocycles. The molecule has 0 radical (unpaired) electrons. The van der Waals surface area contributed by atoms with Crippen LogP contribution >= 0.6 is 22.6 Å². The Morgan fingerprint density at radius 2 is 1.69 bits per heavy atom. The van der Waals surface area contributed by atoms with Crippen LogP contribution < -0.4 is 0 Å². The highest BCUT2D eigenvalue weighted by Gasteiger charge is 2.00. The monoisotopic (exact) mass is 281 g/mol. The zero-order valence-electron chi connectivity index (χ0n) is 6.94. The lowest BCUT2D eigenvalue weighted by molar-refractivity contribution is 1.32. The molecule has 0 saturated carbocycles. The fourth-order valence-electron chi connectivity index (χ4n) is 1.19. The summed E-state index contributed by atoms with van der Waals surface area (Å²) in [5, 5.41) is 0. The van der Waals surface area contributed by atoms with E-state index in [4.69, 9.17) is 0 Å². The molecule has 0 aliphatic rings. The first-order valence-electron chi connectivity index (χ1n) is 4.04. The Hall–Kier alpha value is -0.900. The van der Waals surface area contributed by atoms with E-state index in [1.165, 1.54) is 9.13 Å². The fraction of sp³-hybridized carbons (Fsp3) is 0. The number of nitrogens with zero attached hydrogens (tertiary/aromatic N) is 1.